The van der Waals surface area contributed by atoms with Crippen molar-refractivity contribution in [2.24, 2.45) is 0 Å². The molecule has 8 heteroatoms. The van der Waals surface area contributed by atoms with Crippen molar-refractivity contribution in [2.45, 2.75) is 19.9 Å². The van der Waals surface area contributed by atoms with Crippen LogP contribution in [0.1, 0.15) is 24.3 Å². The molecule has 0 aliphatic rings. The largest absolute Gasteiger partial charge is 0.355 e. The molecular weight excluding hydrogens is 306 g/mol. The van der Waals surface area contributed by atoms with Gasteiger partial charge in [0.2, 0.25) is 5.91 Å². The van der Waals surface area contributed by atoms with E-state index in [0.717, 1.165) is 0 Å². The molecule has 0 aliphatic heterocycles. The Morgan fingerprint density at radius 1 is 1.36 bits per heavy atom. The van der Waals surface area contributed by atoms with Crippen molar-refractivity contribution in [3.63, 3.8) is 0 Å². The quantitative estimate of drug-likeness (QED) is 0.865. The van der Waals surface area contributed by atoms with Crippen molar-refractivity contribution in [1.29, 1.82) is 0 Å². The molecule has 1 atom stereocenters. The van der Waals surface area contributed by atoms with Crippen LogP contribution in [0.3, 0.4) is 0 Å². The van der Waals surface area contributed by atoms with E-state index in [1.807, 2.05) is 6.92 Å². The van der Waals surface area contributed by atoms with Gasteiger partial charge in [0.1, 0.15) is 6.04 Å². The molecule has 0 fully saturated rings. The number of hydrogen-bond donors (Lipinski definition) is 2. The summed E-state index contributed by atoms with van der Waals surface area (Å²) >= 11 is 6.07. The first-order valence-corrected chi connectivity index (χ1v) is 7.16. The van der Waals surface area contributed by atoms with Crippen molar-refractivity contribution in [3.05, 3.63) is 41.2 Å². The number of aromatic nitrogens is 3. The number of nitrogens with zero attached hydrogens (tertiary/aromatic N) is 3. The van der Waals surface area contributed by atoms with Crippen molar-refractivity contribution < 1.29 is 9.59 Å². The summed E-state index contributed by atoms with van der Waals surface area (Å²) in [6, 6.07) is 6.42. The average Bonchev–Trinajstić information content (AvgIpc) is 2.97. The molecule has 1 aromatic heterocycles. The van der Waals surface area contributed by atoms with Crippen LogP contribution < -0.4 is 10.6 Å². The normalized spacial score (nSPS) is 11.8. The minimum absolute atomic E-state index is 0.107. The van der Waals surface area contributed by atoms with Crippen LogP contribution in [0.15, 0.2) is 30.5 Å². The minimum Gasteiger partial charge on any atom is -0.355 e. The SMILES string of the molecule is CCNC(=O)C(C)NC(=O)c1cn(-c2ccccc2Cl)nn1. The number of likely N-dealkylation sites (N-methyl/N-ethyl adjacent to an activating group) is 1. The number of nitrogens with one attached hydrogen (secondary N) is 2. The third-order valence-corrected chi connectivity index (χ3v) is 3.24. The van der Waals surface area contributed by atoms with E-state index in [1.54, 1.807) is 31.2 Å². The van der Waals surface area contributed by atoms with Gasteiger partial charge >= 0.3 is 0 Å². The molecule has 0 saturated carbocycles. The fraction of sp³-hybridized carbons (Fsp3) is 0.286. The first-order chi connectivity index (χ1) is 10.5. The summed E-state index contributed by atoms with van der Waals surface area (Å²) in [4.78, 5) is 23.7. The van der Waals surface area contributed by atoms with Crippen LogP contribution in [-0.4, -0.2) is 39.4 Å². The maximum Gasteiger partial charge on any atom is 0.274 e. The van der Waals surface area contributed by atoms with Gasteiger partial charge in [0.15, 0.2) is 5.69 Å². The highest BCUT2D eigenvalue weighted by molar-refractivity contribution is 6.32. The molecule has 1 aromatic carbocycles. The number of carbonyl (C=O) groups excluding carboxylic acids is 2. The molecule has 0 saturated heterocycles. The summed E-state index contributed by atoms with van der Waals surface area (Å²) in [6.07, 6.45) is 1.46. The molecule has 116 valence electrons. The smallest absolute Gasteiger partial charge is 0.274 e. The topological polar surface area (TPSA) is 88.9 Å². The Balaban J connectivity index is 2.10. The summed E-state index contributed by atoms with van der Waals surface area (Å²) in [5.41, 5.74) is 0.726. The third-order valence-electron chi connectivity index (χ3n) is 2.92. The zero-order valence-electron chi connectivity index (χ0n) is 12.2. The molecule has 2 rings (SSSR count). The van der Waals surface area contributed by atoms with Gasteiger partial charge in [-0.3, -0.25) is 9.59 Å². The molecule has 7 nitrogen and oxygen atoms in total. The first kappa shape index (κ1) is 16.0. The molecule has 0 aliphatic carbocycles. The van der Waals surface area contributed by atoms with Crippen LogP contribution >= 0.6 is 11.6 Å². The highest BCUT2D eigenvalue weighted by Crippen LogP contribution is 2.18. The van der Waals surface area contributed by atoms with Gasteiger partial charge in [-0.05, 0) is 26.0 Å². The Kier molecular flexibility index (Phi) is 5.11. The number of carbonyl (C=O) groups is 2. The Labute approximate surface area is 132 Å². The van der Waals surface area contributed by atoms with E-state index >= 15 is 0 Å². The minimum atomic E-state index is -0.655. The third kappa shape index (κ3) is 3.62. The van der Waals surface area contributed by atoms with E-state index in [0.29, 0.717) is 17.3 Å². The molecule has 0 radical (unpaired) electrons. The second kappa shape index (κ2) is 7.04. The number of benzene rings is 1. The summed E-state index contributed by atoms with van der Waals surface area (Å²) in [7, 11) is 0. The Morgan fingerprint density at radius 2 is 2.09 bits per heavy atom. The lowest BCUT2D eigenvalue weighted by Crippen LogP contribution is -2.44. The Morgan fingerprint density at radius 3 is 2.77 bits per heavy atom. The predicted molar refractivity (Wildman–Crippen MR) is 82.0 cm³/mol. The lowest BCUT2D eigenvalue weighted by atomic mass is 10.3. The Bertz CT molecular complexity index is 685. The number of halogens is 1. The van der Waals surface area contributed by atoms with E-state index in [1.165, 1.54) is 10.9 Å². The zero-order chi connectivity index (χ0) is 16.1. The van der Waals surface area contributed by atoms with Gasteiger partial charge in [-0.2, -0.15) is 0 Å². The van der Waals surface area contributed by atoms with E-state index < -0.39 is 11.9 Å². The van der Waals surface area contributed by atoms with Gasteiger partial charge in [0.05, 0.1) is 16.9 Å². The van der Waals surface area contributed by atoms with Crippen LogP contribution in [0, 0.1) is 0 Å². The van der Waals surface area contributed by atoms with Gasteiger partial charge in [0.25, 0.3) is 5.91 Å². The molecule has 0 spiro atoms. The van der Waals surface area contributed by atoms with Crippen LogP contribution in [0.4, 0.5) is 0 Å². The highest BCUT2D eigenvalue weighted by atomic mass is 35.5. The number of amides is 2. The van der Waals surface area contributed by atoms with Crippen molar-refractivity contribution in [2.75, 3.05) is 6.54 Å². The van der Waals surface area contributed by atoms with E-state index in [4.69, 9.17) is 11.6 Å². The lowest BCUT2D eigenvalue weighted by Gasteiger charge is -2.11. The zero-order valence-corrected chi connectivity index (χ0v) is 13.0. The summed E-state index contributed by atoms with van der Waals surface area (Å²) in [5, 5.41) is 13.4. The summed E-state index contributed by atoms with van der Waals surface area (Å²) < 4.78 is 1.41. The van der Waals surface area contributed by atoms with Gasteiger partial charge < -0.3 is 10.6 Å². The second-order valence-corrected chi connectivity index (χ2v) is 5.00. The van der Waals surface area contributed by atoms with E-state index in [9.17, 15) is 9.59 Å². The molecule has 1 heterocycles. The van der Waals surface area contributed by atoms with Crippen molar-refractivity contribution in [1.82, 2.24) is 25.6 Å². The molecule has 2 N–H and O–H groups in total. The van der Waals surface area contributed by atoms with Gasteiger partial charge in [-0.1, -0.05) is 28.9 Å². The Hall–Kier alpha value is -2.41. The van der Waals surface area contributed by atoms with Crippen LogP contribution in [0.5, 0.6) is 0 Å². The summed E-state index contributed by atoms with van der Waals surface area (Å²) in [6.45, 7) is 3.91. The van der Waals surface area contributed by atoms with E-state index in [-0.39, 0.29) is 11.6 Å². The fourth-order valence-corrected chi connectivity index (χ4v) is 2.01. The number of hydrogen-bond acceptors (Lipinski definition) is 4. The average molecular weight is 322 g/mol. The molecule has 1 unspecified atom stereocenters. The molecule has 0 bridgehead atoms. The second-order valence-electron chi connectivity index (χ2n) is 4.59. The lowest BCUT2D eigenvalue weighted by molar-refractivity contribution is -0.122. The highest BCUT2D eigenvalue weighted by Gasteiger charge is 2.18. The summed E-state index contributed by atoms with van der Waals surface area (Å²) in [5.74, 6) is -0.730. The molecular formula is C14H16ClN5O2. The number of rotatable bonds is 5. The standard InChI is InChI=1S/C14H16ClN5O2/c1-3-16-13(21)9(2)17-14(22)11-8-20(19-18-11)12-7-5-4-6-10(12)15/h4-9H,3H2,1-2H3,(H,16,21)(H,17,22). The first-order valence-electron chi connectivity index (χ1n) is 6.78. The van der Waals surface area contributed by atoms with E-state index in [2.05, 4.69) is 20.9 Å². The molecule has 2 amide bonds. The monoisotopic (exact) mass is 321 g/mol. The number of para-hydroxylation sites is 1. The van der Waals surface area contributed by atoms with Crippen molar-refractivity contribution >= 4 is 23.4 Å². The van der Waals surface area contributed by atoms with Crippen LogP contribution in [-0.2, 0) is 4.79 Å². The van der Waals surface area contributed by atoms with Crippen molar-refractivity contribution in [3.8, 4) is 5.69 Å². The fourth-order valence-electron chi connectivity index (χ4n) is 1.79. The molecule has 22 heavy (non-hydrogen) atoms. The predicted octanol–water partition coefficient (Wildman–Crippen LogP) is 1.18. The van der Waals surface area contributed by atoms with Crippen LogP contribution in [0.25, 0.3) is 5.69 Å². The van der Waals surface area contributed by atoms with Crippen LogP contribution in [0.2, 0.25) is 5.02 Å². The van der Waals surface area contributed by atoms with Gasteiger partial charge in [-0.25, -0.2) is 4.68 Å². The molecule has 2 aromatic rings. The van der Waals surface area contributed by atoms with Gasteiger partial charge in [-0.15, -0.1) is 5.10 Å². The maximum absolute atomic E-state index is 12.1. The maximum atomic E-state index is 12.1. The van der Waals surface area contributed by atoms with Gasteiger partial charge in [0, 0.05) is 6.54 Å².